The van der Waals surface area contributed by atoms with E-state index in [1.54, 1.807) is 38.1 Å². The largest absolute Gasteiger partial charge is 0.461 e. The second kappa shape index (κ2) is 10.8. The van der Waals surface area contributed by atoms with E-state index in [2.05, 4.69) is 25.8 Å². The fourth-order valence-electron chi connectivity index (χ4n) is 2.71. The summed E-state index contributed by atoms with van der Waals surface area (Å²) in [5, 5.41) is 9.25. The minimum atomic E-state index is -1.03. The molecule has 2 heterocycles. The number of hydrogen-bond acceptors (Lipinski definition) is 10. The molecule has 0 aliphatic carbocycles. The van der Waals surface area contributed by atoms with Crippen molar-refractivity contribution in [2.24, 2.45) is 5.73 Å². The van der Waals surface area contributed by atoms with E-state index in [-0.39, 0.29) is 11.7 Å². The lowest BCUT2D eigenvalue weighted by atomic mass is 10.1. The minimum absolute atomic E-state index is 0.105. The van der Waals surface area contributed by atoms with Gasteiger partial charge in [-0.1, -0.05) is 35.5 Å². The molecular formula is C21H24N6O5S. The van der Waals surface area contributed by atoms with Crippen LogP contribution in [-0.4, -0.2) is 52.1 Å². The maximum absolute atomic E-state index is 12.5. The van der Waals surface area contributed by atoms with Gasteiger partial charge in [-0.2, -0.15) is 4.98 Å². The number of nitrogens with two attached hydrogens (primary N) is 1. The second-order valence-electron chi connectivity index (χ2n) is 7.09. The molecule has 1 aromatic carbocycles. The molecule has 2 amide bonds. The van der Waals surface area contributed by atoms with Crippen molar-refractivity contribution in [3.05, 3.63) is 46.3 Å². The second-order valence-corrected chi connectivity index (χ2v) is 8.09. The molecule has 0 radical (unpaired) electrons. The Morgan fingerprint density at radius 3 is 2.73 bits per heavy atom. The highest BCUT2D eigenvalue weighted by Gasteiger charge is 2.21. The number of nitrogens with one attached hydrogen (secondary N) is 2. The average molecular weight is 473 g/mol. The summed E-state index contributed by atoms with van der Waals surface area (Å²) in [5.41, 5.74) is 7.34. The van der Waals surface area contributed by atoms with Crippen molar-refractivity contribution < 1.29 is 23.6 Å². The summed E-state index contributed by atoms with van der Waals surface area (Å²) in [6.07, 6.45) is 0.703. The third-order valence-electron chi connectivity index (χ3n) is 4.38. The van der Waals surface area contributed by atoms with Gasteiger partial charge in [0.2, 0.25) is 17.6 Å². The van der Waals surface area contributed by atoms with Gasteiger partial charge in [0, 0.05) is 24.6 Å². The summed E-state index contributed by atoms with van der Waals surface area (Å²) >= 11 is 1.01. The van der Waals surface area contributed by atoms with Crippen molar-refractivity contribution in [3.63, 3.8) is 0 Å². The predicted molar refractivity (Wildman–Crippen MR) is 121 cm³/mol. The van der Waals surface area contributed by atoms with Gasteiger partial charge in [-0.3, -0.25) is 9.59 Å². The first-order chi connectivity index (χ1) is 15.8. The van der Waals surface area contributed by atoms with Gasteiger partial charge in [0.05, 0.1) is 12.3 Å². The van der Waals surface area contributed by atoms with Gasteiger partial charge in [0.1, 0.15) is 10.9 Å². The van der Waals surface area contributed by atoms with Crippen LogP contribution >= 0.6 is 11.3 Å². The lowest BCUT2D eigenvalue weighted by Crippen LogP contribution is -2.45. The highest BCUT2D eigenvalue weighted by Crippen LogP contribution is 2.23. The molecule has 0 fully saturated rings. The molecule has 33 heavy (non-hydrogen) atoms. The van der Waals surface area contributed by atoms with E-state index in [0.717, 1.165) is 11.3 Å². The number of carbonyl (C=O) groups is 3. The number of ether oxygens (including phenoxy) is 1. The van der Waals surface area contributed by atoms with Crippen molar-refractivity contribution in [2.75, 3.05) is 18.5 Å². The van der Waals surface area contributed by atoms with Crippen LogP contribution in [0.5, 0.6) is 0 Å². The first-order valence-corrected chi connectivity index (χ1v) is 11.0. The molecule has 1 atom stereocenters. The zero-order valence-electron chi connectivity index (χ0n) is 18.4. The Labute approximate surface area is 193 Å². The number of aryl methyl sites for hydroxylation is 2. The van der Waals surface area contributed by atoms with Gasteiger partial charge in [0.25, 0.3) is 5.91 Å². The van der Waals surface area contributed by atoms with Crippen LogP contribution in [0, 0.1) is 13.8 Å². The molecule has 0 bridgehead atoms. The number of thiazole rings is 1. The standard InChI is InChI=1S/C21H24N6O5S/c1-4-8-31-20(30)16-11(2)24-21(33-16)26-19(29)15(22)10-23-18(28)14-7-5-6-13(9-14)17-25-12(3)32-27-17/h5-7,9,15H,4,8,10,22H2,1-3H3,(H,23,28)(H,24,26,29). The molecule has 0 aliphatic rings. The summed E-state index contributed by atoms with van der Waals surface area (Å²) in [4.78, 5) is 45.6. The van der Waals surface area contributed by atoms with Gasteiger partial charge < -0.3 is 25.6 Å². The van der Waals surface area contributed by atoms with Gasteiger partial charge in [-0.25, -0.2) is 9.78 Å². The number of hydrogen-bond donors (Lipinski definition) is 3. The van der Waals surface area contributed by atoms with Crippen molar-refractivity contribution in [2.45, 2.75) is 33.2 Å². The van der Waals surface area contributed by atoms with Crippen LogP contribution in [0.1, 0.15) is 45.0 Å². The summed E-state index contributed by atoms with van der Waals surface area (Å²) in [6.45, 7) is 5.42. The highest BCUT2D eigenvalue weighted by molar-refractivity contribution is 7.17. The van der Waals surface area contributed by atoms with Gasteiger partial charge >= 0.3 is 5.97 Å². The molecule has 2 aromatic heterocycles. The van der Waals surface area contributed by atoms with E-state index >= 15 is 0 Å². The molecule has 0 aliphatic heterocycles. The molecule has 4 N–H and O–H groups in total. The molecule has 3 rings (SSSR count). The smallest absolute Gasteiger partial charge is 0.350 e. The van der Waals surface area contributed by atoms with Crippen LogP contribution < -0.4 is 16.4 Å². The predicted octanol–water partition coefficient (Wildman–Crippen LogP) is 2.07. The van der Waals surface area contributed by atoms with Crippen molar-refractivity contribution in [1.29, 1.82) is 0 Å². The number of amides is 2. The number of nitrogens with zero attached hydrogens (tertiary/aromatic N) is 3. The fraction of sp³-hybridized carbons (Fsp3) is 0.333. The lowest BCUT2D eigenvalue weighted by molar-refractivity contribution is -0.117. The number of carbonyl (C=O) groups excluding carboxylic acids is 3. The van der Waals surface area contributed by atoms with E-state index in [0.29, 0.717) is 46.4 Å². The Kier molecular flexibility index (Phi) is 7.85. The molecule has 1 unspecified atom stereocenters. The van der Waals surface area contributed by atoms with Gasteiger partial charge in [0.15, 0.2) is 5.13 Å². The summed E-state index contributed by atoms with van der Waals surface area (Å²) in [5.74, 6) is -0.658. The van der Waals surface area contributed by atoms with Crippen LogP contribution in [0.15, 0.2) is 28.8 Å². The summed E-state index contributed by atoms with van der Waals surface area (Å²) < 4.78 is 10.1. The lowest BCUT2D eigenvalue weighted by Gasteiger charge is -2.12. The number of rotatable bonds is 9. The maximum Gasteiger partial charge on any atom is 0.350 e. The molecule has 12 heteroatoms. The Morgan fingerprint density at radius 2 is 2.03 bits per heavy atom. The third kappa shape index (κ3) is 6.20. The molecular weight excluding hydrogens is 448 g/mol. The minimum Gasteiger partial charge on any atom is -0.461 e. The highest BCUT2D eigenvalue weighted by atomic mass is 32.1. The Balaban J connectivity index is 1.55. The van der Waals surface area contributed by atoms with E-state index in [9.17, 15) is 14.4 Å². The normalized spacial score (nSPS) is 11.6. The number of anilines is 1. The van der Waals surface area contributed by atoms with E-state index in [4.69, 9.17) is 15.0 Å². The Bertz CT molecular complexity index is 1160. The first-order valence-electron chi connectivity index (χ1n) is 10.2. The van der Waals surface area contributed by atoms with Crippen LogP contribution in [0.2, 0.25) is 0 Å². The van der Waals surface area contributed by atoms with Crippen molar-refractivity contribution in [1.82, 2.24) is 20.4 Å². The molecule has 0 saturated heterocycles. The molecule has 0 spiro atoms. The molecule has 3 aromatic rings. The van der Waals surface area contributed by atoms with Crippen molar-refractivity contribution >= 4 is 34.3 Å². The zero-order valence-corrected chi connectivity index (χ0v) is 19.2. The van der Waals surface area contributed by atoms with Gasteiger partial charge in [-0.15, -0.1) is 0 Å². The van der Waals surface area contributed by atoms with E-state index < -0.39 is 23.8 Å². The van der Waals surface area contributed by atoms with Crippen LogP contribution in [0.3, 0.4) is 0 Å². The summed E-state index contributed by atoms with van der Waals surface area (Å²) in [6, 6.07) is 5.65. The fourth-order valence-corrected chi connectivity index (χ4v) is 3.57. The van der Waals surface area contributed by atoms with Crippen molar-refractivity contribution in [3.8, 4) is 11.4 Å². The Morgan fingerprint density at radius 1 is 1.24 bits per heavy atom. The molecule has 11 nitrogen and oxygen atoms in total. The number of esters is 1. The monoisotopic (exact) mass is 472 g/mol. The average Bonchev–Trinajstić information content (AvgIpc) is 3.40. The zero-order chi connectivity index (χ0) is 24.0. The van der Waals surface area contributed by atoms with E-state index in [1.807, 2.05) is 6.92 Å². The summed E-state index contributed by atoms with van der Waals surface area (Å²) in [7, 11) is 0. The van der Waals surface area contributed by atoms with E-state index in [1.165, 1.54) is 0 Å². The quantitative estimate of drug-likeness (QED) is 0.396. The van der Waals surface area contributed by atoms with Gasteiger partial charge in [-0.05, 0) is 25.5 Å². The van der Waals surface area contributed by atoms with Crippen LogP contribution in [-0.2, 0) is 9.53 Å². The number of aromatic nitrogens is 3. The SMILES string of the molecule is CCCOC(=O)c1sc(NC(=O)C(N)CNC(=O)c2cccc(-c3noc(C)n3)c2)nc1C. The number of benzene rings is 1. The Hall–Kier alpha value is -3.64. The maximum atomic E-state index is 12.5. The van der Waals surface area contributed by atoms with Crippen LogP contribution in [0.25, 0.3) is 11.4 Å². The molecule has 174 valence electrons. The third-order valence-corrected chi connectivity index (χ3v) is 5.43. The topological polar surface area (TPSA) is 162 Å². The first kappa shape index (κ1) is 24.0. The molecule has 0 saturated carbocycles. The van der Waals surface area contributed by atoms with Crippen LogP contribution in [0.4, 0.5) is 5.13 Å².